The van der Waals surface area contributed by atoms with Crippen molar-refractivity contribution < 1.29 is 9.84 Å². The van der Waals surface area contributed by atoms with E-state index in [0.29, 0.717) is 5.92 Å². The van der Waals surface area contributed by atoms with E-state index in [2.05, 4.69) is 6.92 Å². The van der Waals surface area contributed by atoms with Gasteiger partial charge in [0, 0.05) is 13.2 Å². The molecule has 106 valence electrons. The molecule has 2 aliphatic rings. The molecular formula is C16H30O2. The molecule has 2 heteroatoms. The third-order valence-electron chi connectivity index (χ3n) is 5.13. The van der Waals surface area contributed by atoms with Crippen molar-refractivity contribution in [1.29, 1.82) is 0 Å². The van der Waals surface area contributed by atoms with Gasteiger partial charge in [0.1, 0.15) is 0 Å². The Morgan fingerprint density at radius 2 is 1.89 bits per heavy atom. The van der Waals surface area contributed by atoms with E-state index < -0.39 is 0 Å². The zero-order valence-corrected chi connectivity index (χ0v) is 11.9. The number of rotatable bonds is 6. The van der Waals surface area contributed by atoms with Crippen molar-refractivity contribution in [3.05, 3.63) is 0 Å². The molecule has 3 unspecified atom stereocenters. The molecule has 0 amide bonds. The summed E-state index contributed by atoms with van der Waals surface area (Å²) in [6.45, 7) is 4.24. The molecule has 1 aliphatic carbocycles. The van der Waals surface area contributed by atoms with Crippen LogP contribution in [-0.4, -0.2) is 24.4 Å². The quantitative estimate of drug-likeness (QED) is 0.731. The first-order valence-electron chi connectivity index (χ1n) is 8.03. The Bertz CT molecular complexity index is 223. The fraction of sp³-hybridized carbons (Fsp3) is 1.00. The first kappa shape index (κ1) is 14.3. The van der Waals surface area contributed by atoms with Crippen LogP contribution in [0.5, 0.6) is 0 Å². The van der Waals surface area contributed by atoms with E-state index >= 15 is 0 Å². The molecule has 18 heavy (non-hydrogen) atoms. The van der Waals surface area contributed by atoms with Gasteiger partial charge >= 0.3 is 0 Å². The van der Waals surface area contributed by atoms with Crippen molar-refractivity contribution >= 4 is 0 Å². The molecule has 0 aromatic carbocycles. The van der Waals surface area contributed by atoms with Crippen LogP contribution in [0, 0.1) is 17.8 Å². The zero-order valence-electron chi connectivity index (χ0n) is 11.9. The highest BCUT2D eigenvalue weighted by Crippen LogP contribution is 2.35. The van der Waals surface area contributed by atoms with Crippen LogP contribution in [0.15, 0.2) is 0 Å². The first-order valence-corrected chi connectivity index (χ1v) is 8.03. The molecule has 0 bridgehead atoms. The fourth-order valence-corrected chi connectivity index (χ4v) is 3.78. The lowest BCUT2D eigenvalue weighted by molar-refractivity contribution is 0.0602. The zero-order chi connectivity index (χ0) is 12.8. The SMILES string of the molecule is CC1CCCC1C(O)CCCCC1CCOCC1. The smallest absolute Gasteiger partial charge is 0.0570 e. The minimum Gasteiger partial charge on any atom is -0.393 e. The minimum atomic E-state index is -0.0304. The van der Waals surface area contributed by atoms with Gasteiger partial charge in [0.25, 0.3) is 0 Å². The molecule has 0 aromatic rings. The molecule has 0 aromatic heterocycles. The molecule has 1 saturated carbocycles. The number of unbranched alkanes of at least 4 members (excludes halogenated alkanes) is 1. The second-order valence-corrected chi connectivity index (χ2v) is 6.48. The lowest BCUT2D eigenvalue weighted by atomic mass is 9.88. The van der Waals surface area contributed by atoms with Gasteiger partial charge in [-0.1, -0.05) is 39.0 Å². The van der Waals surface area contributed by atoms with E-state index in [1.165, 1.54) is 51.4 Å². The Kier molecular flexibility index (Phi) is 5.97. The summed E-state index contributed by atoms with van der Waals surface area (Å²) in [4.78, 5) is 0. The van der Waals surface area contributed by atoms with Crippen LogP contribution in [0.4, 0.5) is 0 Å². The van der Waals surface area contributed by atoms with Gasteiger partial charge < -0.3 is 9.84 Å². The van der Waals surface area contributed by atoms with Gasteiger partial charge in [0.15, 0.2) is 0 Å². The third kappa shape index (κ3) is 4.24. The largest absolute Gasteiger partial charge is 0.393 e. The number of aliphatic hydroxyl groups is 1. The van der Waals surface area contributed by atoms with Crippen molar-refractivity contribution in [2.45, 2.75) is 70.8 Å². The molecule has 1 saturated heterocycles. The highest BCUT2D eigenvalue weighted by atomic mass is 16.5. The summed E-state index contributed by atoms with van der Waals surface area (Å²) in [6.07, 6.45) is 11.2. The first-order chi connectivity index (χ1) is 8.77. The van der Waals surface area contributed by atoms with Crippen LogP contribution in [0.3, 0.4) is 0 Å². The Labute approximate surface area is 112 Å². The predicted octanol–water partition coefficient (Wildman–Crippen LogP) is 3.77. The Morgan fingerprint density at radius 1 is 1.11 bits per heavy atom. The standard InChI is InChI=1S/C16H30O2/c1-13-5-4-7-15(13)16(17)8-3-2-6-14-9-11-18-12-10-14/h13-17H,2-12H2,1H3. The Hall–Kier alpha value is -0.0800. The summed E-state index contributed by atoms with van der Waals surface area (Å²) >= 11 is 0. The van der Waals surface area contributed by atoms with E-state index in [9.17, 15) is 5.11 Å². The van der Waals surface area contributed by atoms with E-state index in [0.717, 1.165) is 31.5 Å². The second-order valence-electron chi connectivity index (χ2n) is 6.48. The molecule has 1 N–H and O–H groups in total. The summed E-state index contributed by atoms with van der Waals surface area (Å²) in [5, 5.41) is 10.2. The van der Waals surface area contributed by atoms with Crippen molar-refractivity contribution in [2.75, 3.05) is 13.2 Å². The van der Waals surface area contributed by atoms with Crippen molar-refractivity contribution in [3.8, 4) is 0 Å². The van der Waals surface area contributed by atoms with Gasteiger partial charge in [-0.25, -0.2) is 0 Å². The van der Waals surface area contributed by atoms with Crippen LogP contribution >= 0.6 is 0 Å². The van der Waals surface area contributed by atoms with Crippen LogP contribution in [0.25, 0.3) is 0 Å². The number of ether oxygens (including phenoxy) is 1. The van der Waals surface area contributed by atoms with Gasteiger partial charge in [-0.2, -0.15) is 0 Å². The van der Waals surface area contributed by atoms with Crippen LogP contribution in [-0.2, 0) is 4.74 Å². The molecular weight excluding hydrogens is 224 g/mol. The molecule has 0 spiro atoms. The maximum atomic E-state index is 10.2. The molecule has 3 atom stereocenters. The minimum absolute atomic E-state index is 0.0304. The Morgan fingerprint density at radius 3 is 2.56 bits per heavy atom. The van der Waals surface area contributed by atoms with E-state index in [-0.39, 0.29) is 6.10 Å². The summed E-state index contributed by atoms with van der Waals surface area (Å²) in [6, 6.07) is 0. The maximum absolute atomic E-state index is 10.2. The van der Waals surface area contributed by atoms with Gasteiger partial charge in [-0.15, -0.1) is 0 Å². The lowest BCUT2D eigenvalue weighted by Gasteiger charge is -2.24. The van der Waals surface area contributed by atoms with Crippen LogP contribution in [0.1, 0.15) is 64.7 Å². The number of aliphatic hydroxyl groups excluding tert-OH is 1. The van der Waals surface area contributed by atoms with E-state index in [4.69, 9.17) is 4.74 Å². The number of hydrogen-bond donors (Lipinski definition) is 1. The average Bonchev–Trinajstić information content (AvgIpc) is 2.82. The van der Waals surface area contributed by atoms with Crippen LogP contribution < -0.4 is 0 Å². The molecule has 2 fully saturated rings. The molecule has 1 heterocycles. The monoisotopic (exact) mass is 254 g/mol. The molecule has 1 aliphatic heterocycles. The van der Waals surface area contributed by atoms with Crippen LogP contribution in [0.2, 0.25) is 0 Å². The Balaban J connectivity index is 1.54. The highest BCUT2D eigenvalue weighted by Gasteiger charge is 2.29. The summed E-state index contributed by atoms with van der Waals surface area (Å²) in [7, 11) is 0. The predicted molar refractivity (Wildman–Crippen MR) is 74.5 cm³/mol. The number of hydrogen-bond acceptors (Lipinski definition) is 2. The summed E-state index contributed by atoms with van der Waals surface area (Å²) in [5.41, 5.74) is 0. The fourth-order valence-electron chi connectivity index (χ4n) is 3.78. The molecule has 0 radical (unpaired) electrons. The van der Waals surface area contributed by atoms with Gasteiger partial charge in [-0.05, 0) is 43.4 Å². The van der Waals surface area contributed by atoms with Gasteiger partial charge in [0.2, 0.25) is 0 Å². The normalized spacial score (nSPS) is 31.7. The van der Waals surface area contributed by atoms with Gasteiger partial charge in [0.05, 0.1) is 6.10 Å². The van der Waals surface area contributed by atoms with E-state index in [1.54, 1.807) is 0 Å². The van der Waals surface area contributed by atoms with E-state index in [1.807, 2.05) is 0 Å². The summed E-state index contributed by atoms with van der Waals surface area (Å²) < 4.78 is 5.38. The molecule has 2 rings (SSSR count). The summed E-state index contributed by atoms with van der Waals surface area (Å²) in [5.74, 6) is 2.23. The van der Waals surface area contributed by atoms with Crippen molar-refractivity contribution in [2.24, 2.45) is 17.8 Å². The molecule has 2 nitrogen and oxygen atoms in total. The maximum Gasteiger partial charge on any atom is 0.0570 e. The van der Waals surface area contributed by atoms with Gasteiger partial charge in [-0.3, -0.25) is 0 Å². The second kappa shape index (κ2) is 7.49. The van der Waals surface area contributed by atoms with Crippen molar-refractivity contribution in [1.82, 2.24) is 0 Å². The topological polar surface area (TPSA) is 29.5 Å². The lowest BCUT2D eigenvalue weighted by Crippen LogP contribution is -2.22. The highest BCUT2D eigenvalue weighted by molar-refractivity contribution is 4.80. The average molecular weight is 254 g/mol. The third-order valence-corrected chi connectivity index (χ3v) is 5.13. The van der Waals surface area contributed by atoms with Crippen molar-refractivity contribution in [3.63, 3.8) is 0 Å².